The van der Waals surface area contributed by atoms with Crippen LogP contribution in [0.3, 0.4) is 0 Å². The molecule has 0 aliphatic heterocycles. The summed E-state index contributed by atoms with van der Waals surface area (Å²) in [6.45, 7) is 0. The molecule has 1 aliphatic carbocycles. The first-order valence-electron chi connectivity index (χ1n) is 6.50. The van der Waals surface area contributed by atoms with Crippen LogP contribution in [0.25, 0.3) is 0 Å². The van der Waals surface area contributed by atoms with Crippen LogP contribution < -0.4 is 0 Å². The maximum atomic E-state index is 12.4. The predicted molar refractivity (Wildman–Crippen MR) is 76.3 cm³/mol. The third-order valence-electron chi connectivity index (χ3n) is 3.78. The Labute approximate surface area is 116 Å². The Morgan fingerprint density at radius 3 is 3.05 bits per heavy atom. The molecule has 0 radical (unpaired) electrons. The topological polar surface area (TPSA) is 33.2 Å². The summed E-state index contributed by atoms with van der Waals surface area (Å²) in [5.74, 6) is 0.0166. The van der Waals surface area contributed by atoms with Crippen LogP contribution in [0.15, 0.2) is 35.2 Å². The summed E-state index contributed by atoms with van der Waals surface area (Å²) in [5, 5.41) is 1.81. The van der Waals surface area contributed by atoms with Crippen LogP contribution in [-0.2, 0) is 6.42 Å². The molecule has 1 atom stereocenters. The molecule has 1 aromatic heterocycles. The molecular formula is C15H16N2OS. The fourth-order valence-electron chi connectivity index (χ4n) is 2.77. The summed E-state index contributed by atoms with van der Waals surface area (Å²) in [7, 11) is 1.88. The van der Waals surface area contributed by atoms with Gasteiger partial charge in [0.25, 0.3) is 5.91 Å². The van der Waals surface area contributed by atoms with Gasteiger partial charge in [0, 0.05) is 12.4 Å². The van der Waals surface area contributed by atoms with E-state index in [9.17, 15) is 4.79 Å². The van der Waals surface area contributed by atoms with Crippen LogP contribution >= 0.6 is 11.3 Å². The molecule has 0 N–H and O–H groups in total. The molecule has 1 aliphatic rings. The number of hydrogen-bond donors (Lipinski definition) is 0. The SMILES string of the molecule is CN(C(=O)c1cscn1)[C@@H]1CCCc2ccccc21. The number of hydrogen-bond acceptors (Lipinski definition) is 3. The molecular weight excluding hydrogens is 256 g/mol. The lowest BCUT2D eigenvalue weighted by atomic mass is 9.87. The van der Waals surface area contributed by atoms with Gasteiger partial charge in [-0.05, 0) is 30.4 Å². The van der Waals surface area contributed by atoms with Crippen molar-refractivity contribution < 1.29 is 4.79 Å². The van der Waals surface area contributed by atoms with E-state index in [1.165, 1.54) is 22.5 Å². The lowest BCUT2D eigenvalue weighted by Gasteiger charge is -2.33. The highest BCUT2D eigenvalue weighted by molar-refractivity contribution is 7.07. The number of thiazole rings is 1. The molecule has 19 heavy (non-hydrogen) atoms. The van der Waals surface area contributed by atoms with Crippen molar-refractivity contribution in [2.45, 2.75) is 25.3 Å². The van der Waals surface area contributed by atoms with Crippen LogP contribution in [0.4, 0.5) is 0 Å². The highest BCUT2D eigenvalue weighted by Gasteiger charge is 2.27. The van der Waals surface area contributed by atoms with Crippen molar-refractivity contribution in [1.29, 1.82) is 0 Å². The number of fused-ring (bicyclic) bond motifs is 1. The predicted octanol–water partition coefficient (Wildman–Crippen LogP) is 3.29. The molecule has 2 aromatic rings. The number of amides is 1. The Kier molecular flexibility index (Phi) is 3.34. The van der Waals surface area contributed by atoms with E-state index in [0.29, 0.717) is 5.69 Å². The lowest BCUT2D eigenvalue weighted by Crippen LogP contribution is -2.33. The molecule has 0 saturated heterocycles. The summed E-state index contributed by atoms with van der Waals surface area (Å²) in [6, 6.07) is 8.62. The Hall–Kier alpha value is -1.68. The molecule has 0 bridgehead atoms. The van der Waals surface area contributed by atoms with Crippen molar-refractivity contribution in [2.75, 3.05) is 7.05 Å². The van der Waals surface area contributed by atoms with Gasteiger partial charge in [-0.2, -0.15) is 0 Å². The Morgan fingerprint density at radius 2 is 2.26 bits per heavy atom. The fourth-order valence-corrected chi connectivity index (χ4v) is 3.30. The third-order valence-corrected chi connectivity index (χ3v) is 4.36. The summed E-state index contributed by atoms with van der Waals surface area (Å²) < 4.78 is 0. The minimum atomic E-state index is 0.0166. The van der Waals surface area contributed by atoms with Crippen molar-refractivity contribution >= 4 is 17.2 Å². The zero-order valence-corrected chi connectivity index (χ0v) is 11.7. The molecule has 3 rings (SSSR count). The van der Waals surface area contributed by atoms with Crippen LogP contribution in [0.5, 0.6) is 0 Å². The van der Waals surface area contributed by atoms with Gasteiger partial charge in [-0.15, -0.1) is 11.3 Å². The number of nitrogens with zero attached hydrogens (tertiary/aromatic N) is 2. The van der Waals surface area contributed by atoms with Gasteiger partial charge >= 0.3 is 0 Å². The molecule has 0 unspecified atom stereocenters. The number of aromatic nitrogens is 1. The van der Waals surface area contributed by atoms with E-state index >= 15 is 0 Å². The van der Waals surface area contributed by atoms with E-state index < -0.39 is 0 Å². The van der Waals surface area contributed by atoms with Crippen molar-refractivity contribution in [3.8, 4) is 0 Å². The smallest absolute Gasteiger partial charge is 0.273 e. The molecule has 0 fully saturated rings. The van der Waals surface area contributed by atoms with Gasteiger partial charge in [0.2, 0.25) is 0 Å². The Bertz CT molecular complexity index is 580. The van der Waals surface area contributed by atoms with Crippen molar-refractivity contribution in [1.82, 2.24) is 9.88 Å². The van der Waals surface area contributed by atoms with Crippen LogP contribution in [0, 0.1) is 0 Å². The van der Waals surface area contributed by atoms with Gasteiger partial charge in [-0.25, -0.2) is 4.98 Å². The summed E-state index contributed by atoms with van der Waals surface area (Å²) in [6.07, 6.45) is 3.28. The van der Waals surface area contributed by atoms with E-state index in [4.69, 9.17) is 0 Å². The first-order valence-corrected chi connectivity index (χ1v) is 7.45. The number of carbonyl (C=O) groups is 1. The van der Waals surface area contributed by atoms with E-state index in [2.05, 4.69) is 29.2 Å². The molecule has 3 nitrogen and oxygen atoms in total. The van der Waals surface area contributed by atoms with Crippen molar-refractivity contribution in [3.63, 3.8) is 0 Å². The Balaban J connectivity index is 1.89. The van der Waals surface area contributed by atoms with E-state index in [1.54, 1.807) is 5.51 Å². The number of rotatable bonds is 2. The van der Waals surface area contributed by atoms with Gasteiger partial charge < -0.3 is 4.90 Å². The molecule has 1 amide bonds. The second-order valence-electron chi connectivity index (χ2n) is 4.90. The van der Waals surface area contributed by atoms with Gasteiger partial charge in [0.1, 0.15) is 5.69 Å². The normalized spacial score (nSPS) is 17.8. The van der Waals surface area contributed by atoms with Crippen LogP contribution in [0.2, 0.25) is 0 Å². The van der Waals surface area contributed by atoms with E-state index in [0.717, 1.165) is 19.3 Å². The summed E-state index contributed by atoms with van der Waals surface area (Å²) in [4.78, 5) is 18.3. The summed E-state index contributed by atoms with van der Waals surface area (Å²) in [5.41, 5.74) is 4.92. The molecule has 0 saturated carbocycles. The zero-order valence-electron chi connectivity index (χ0n) is 10.9. The molecule has 4 heteroatoms. The van der Waals surface area contributed by atoms with Gasteiger partial charge in [-0.3, -0.25) is 4.79 Å². The third kappa shape index (κ3) is 2.28. The first-order chi connectivity index (χ1) is 9.27. The lowest BCUT2D eigenvalue weighted by molar-refractivity contribution is 0.0710. The molecule has 0 spiro atoms. The Morgan fingerprint density at radius 1 is 1.42 bits per heavy atom. The standard InChI is InChI=1S/C15H16N2OS/c1-17(15(18)13-9-19-10-16-13)14-8-4-6-11-5-2-3-7-12(11)14/h2-3,5,7,9-10,14H,4,6,8H2,1H3/t14-/m1/s1. The molecule has 1 heterocycles. The van der Waals surface area contributed by atoms with E-state index in [-0.39, 0.29) is 11.9 Å². The zero-order chi connectivity index (χ0) is 13.2. The second kappa shape index (κ2) is 5.13. The maximum absolute atomic E-state index is 12.4. The van der Waals surface area contributed by atoms with Crippen LogP contribution in [0.1, 0.15) is 40.5 Å². The van der Waals surface area contributed by atoms with Gasteiger partial charge in [-0.1, -0.05) is 24.3 Å². The largest absolute Gasteiger partial charge is 0.333 e. The van der Waals surface area contributed by atoms with Crippen LogP contribution in [-0.4, -0.2) is 22.8 Å². The minimum absolute atomic E-state index is 0.0166. The fraction of sp³-hybridized carbons (Fsp3) is 0.333. The van der Waals surface area contributed by atoms with Crippen molar-refractivity contribution in [2.24, 2.45) is 0 Å². The number of carbonyl (C=O) groups excluding carboxylic acids is 1. The minimum Gasteiger partial charge on any atom is -0.333 e. The monoisotopic (exact) mass is 272 g/mol. The highest BCUT2D eigenvalue weighted by Crippen LogP contribution is 2.33. The van der Waals surface area contributed by atoms with Gasteiger partial charge in [0.05, 0.1) is 11.6 Å². The molecule has 98 valence electrons. The van der Waals surface area contributed by atoms with Gasteiger partial charge in [0.15, 0.2) is 0 Å². The maximum Gasteiger partial charge on any atom is 0.273 e. The average Bonchev–Trinajstić information content (AvgIpc) is 2.99. The number of benzene rings is 1. The highest BCUT2D eigenvalue weighted by atomic mass is 32.1. The summed E-state index contributed by atoms with van der Waals surface area (Å²) >= 11 is 1.46. The number of aryl methyl sites for hydroxylation is 1. The molecule has 1 aromatic carbocycles. The quantitative estimate of drug-likeness (QED) is 0.840. The van der Waals surface area contributed by atoms with E-state index in [1.807, 2.05) is 17.3 Å². The van der Waals surface area contributed by atoms with Crippen molar-refractivity contribution in [3.05, 3.63) is 52.0 Å². The first kappa shape index (κ1) is 12.4. The average molecular weight is 272 g/mol. The second-order valence-corrected chi connectivity index (χ2v) is 5.62.